The third-order valence-corrected chi connectivity index (χ3v) is 5.64. The number of nitrogens with one attached hydrogen (secondary N) is 2. The van der Waals surface area contributed by atoms with Crippen molar-refractivity contribution in [1.82, 2.24) is 10.6 Å². The molecule has 4 N–H and O–H groups in total. The average molecular weight is 530 g/mol. The Morgan fingerprint density at radius 1 is 0.889 bits per heavy atom. The molecule has 0 heterocycles. The lowest BCUT2D eigenvalue weighted by Crippen LogP contribution is -2.50. The lowest BCUT2D eigenvalue weighted by Gasteiger charge is -2.19. The summed E-state index contributed by atoms with van der Waals surface area (Å²) in [5.74, 6) is -1.10. The molecule has 0 saturated carbocycles. The van der Waals surface area contributed by atoms with E-state index < -0.39 is 23.9 Å². The zero-order valence-corrected chi connectivity index (χ0v) is 20.7. The Morgan fingerprint density at radius 3 is 2.06 bits per heavy atom. The number of urea groups is 1. The van der Waals surface area contributed by atoms with Crippen LogP contribution in [0.1, 0.15) is 21.5 Å². The van der Waals surface area contributed by atoms with Crippen LogP contribution in [0.5, 0.6) is 5.75 Å². The Bertz CT molecular complexity index is 1170. The number of benzene rings is 3. The Kier molecular flexibility index (Phi) is 9.97. The number of primary amides is 1. The molecule has 8 nitrogen and oxygen atoms in total. The second-order valence-electron chi connectivity index (χ2n) is 7.71. The second kappa shape index (κ2) is 13.4. The maximum absolute atomic E-state index is 13.0. The van der Waals surface area contributed by atoms with Gasteiger partial charge in [0.1, 0.15) is 18.4 Å². The SMILES string of the molecule is NC(=O)NC[C@H](NC(=O)c1c(Cl)cc(OCCc2ccccc2)cc1Cl)C(=O)OCc1ccccc1. The summed E-state index contributed by atoms with van der Waals surface area (Å²) in [6.07, 6.45) is 0.679. The largest absolute Gasteiger partial charge is 0.493 e. The molecule has 0 aliphatic heterocycles. The summed E-state index contributed by atoms with van der Waals surface area (Å²) in [4.78, 5) is 36.8. The molecule has 1 atom stereocenters. The van der Waals surface area contributed by atoms with Gasteiger partial charge in [-0.05, 0) is 23.3 Å². The van der Waals surface area contributed by atoms with E-state index in [1.807, 2.05) is 36.4 Å². The Balaban J connectivity index is 1.65. The predicted octanol–water partition coefficient (Wildman–Crippen LogP) is 4.13. The molecule has 0 saturated heterocycles. The number of rotatable bonds is 11. The molecule has 10 heteroatoms. The smallest absolute Gasteiger partial charge is 0.330 e. The summed E-state index contributed by atoms with van der Waals surface area (Å²) < 4.78 is 11.0. The number of carbonyl (C=O) groups excluding carboxylic acids is 3. The van der Waals surface area contributed by atoms with Crippen LogP contribution in [0.3, 0.4) is 0 Å². The fourth-order valence-corrected chi connectivity index (χ4v) is 3.88. The van der Waals surface area contributed by atoms with E-state index in [-0.39, 0.29) is 28.8 Å². The van der Waals surface area contributed by atoms with Crippen LogP contribution in [0.15, 0.2) is 72.8 Å². The van der Waals surface area contributed by atoms with Gasteiger partial charge in [0.15, 0.2) is 0 Å². The Labute approximate surface area is 218 Å². The molecular weight excluding hydrogens is 505 g/mol. The number of halogens is 2. The quantitative estimate of drug-likeness (QED) is 0.322. The maximum atomic E-state index is 13.0. The summed E-state index contributed by atoms with van der Waals surface area (Å²) in [5, 5.41) is 4.86. The van der Waals surface area contributed by atoms with Gasteiger partial charge in [-0.2, -0.15) is 0 Å². The van der Waals surface area contributed by atoms with E-state index in [0.29, 0.717) is 18.8 Å². The monoisotopic (exact) mass is 529 g/mol. The highest BCUT2D eigenvalue weighted by atomic mass is 35.5. The van der Waals surface area contributed by atoms with Crippen molar-refractivity contribution in [2.45, 2.75) is 19.1 Å². The van der Waals surface area contributed by atoms with Gasteiger partial charge in [0.05, 0.1) is 28.8 Å². The van der Waals surface area contributed by atoms with E-state index in [0.717, 1.165) is 11.1 Å². The molecule has 3 aromatic carbocycles. The number of ether oxygens (including phenoxy) is 2. The van der Waals surface area contributed by atoms with Crippen LogP contribution in [-0.2, 0) is 22.6 Å². The summed E-state index contributed by atoms with van der Waals surface area (Å²) in [5.41, 5.74) is 6.94. The highest BCUT2D eigenvalue weighted by molar-refractivity contribution is 6.40. The van der Waals surface area contributed by atoms with Crippen molar-refractivity contribution in [2.75, 3.05) is 13.2 Å². The summed E-state index contributed by atoms with van der Waals surface area (Å²) in [6.45, 7) is 0.0834. The Morgan fingerprint density at radius 2 is 1.47 bits per heavy atom. The van der Waals surface area contributed by atoms with Crippen LogP contribution in [0, 0.1) is 0 Å². The fourth-order valence-electron chi connectivity index (χ4n) is 3.24. The van der Waals surface area contributed by atoms with E-state index >= 15 is 0 Å². The van der Waals surface area contributed by atoms with Gasteiger partial charge >= 0.3 is 12.0 Å². The maximum Gasteiger partial charge on any atom is 0.330 e. The van der Waals surface area contributed by atoms with E-state index in [4.69, 9.17) is 38.4 Å². The minimum absolute atomic E-state index is 0.0147. The van der Waals surface area contributed by atoms with Crippen LogP contribution in [0.2, 0.25) is 10.0 Å². The second-order valence-corrected chi connectivity index (χ2v) is 8.52. The first-order chi connectivity index (χ1) is 17.3. The minimum atomic E-state index is -1.23. The van der Waals surface area contributed by atoms with Gasteiger partial charge in [-0.15, -0.1) is 0 Å². The van der Waals surface area contributed by atoms with E-state index in [1.165, 1.54) is 12.1 Å². The van der Waals surface area contributed by atoms with Gasteiger partial charge in [-0.25, -0.2) is 9.59 Å². The molecule has 3 rings (SSSR count). The molecule has 0 unspecified atom stereocenters. The first-order valence-corrected chi connectivity index (χ1v) is 11.8. The van der Waals surface area contributed by atoms with Gasteiger partial charge in [0.25, 0.3) is 5.91 Å². The zero-order valence-electron chi connectivity index (χ0n) is 19.2. The number of carbonyl (C=O) groups is 3. The number of hydrogen-bond donors (Lipinski definition) is 3. The van der Waals surface area contributed by atoms with Crippen LogP contribution < -0.4 is 21.1 Å². The van der Waals surface area contributed by atoms with E-state index in [2.05, 4.69) is 10.6 Å². The molecule has 0 aliphatic carbocycles. The van der Waals surface area contributed by atoms with Crippen molar-refractivity contribution in [2.24, 2.45) is 5.73 Å². The van der Waals surface area contributed by atoms with Gasteiger partial charge in [0, 0.05) is 6.42 Å². The normalized spacial score (nSPS) is 11.3. The number of hydrogen-bond acceptors (Lipinski definition) is 5. The van der Waals surface area contributed by atoms with E-state index in [1.54, 1.807) is 24.3 Å². The Hall–Kier alpha value is -3.75. The average Bonchev–Trinajstić information content (AvgIpc) is 2.86. The van der Waals surface area contributed by atoms with Gasteiger partial charge < -0.3 is 25.8 Å². The molecule has 0 bridgehead atoms. The van der Waals surface area contributed by atoms with Crippen molar-refractivity contribution >= 4 is 41.1 Å². The van der Waals surface area contributed by atoms with Crippen molar-refractivity contribution in [3.8, 4) is 5.75 Å². The molecule has 36 heavy (non-hydrogen) atoms. The first-order valence-electron chi connectivity index (χ1n) is 11.0. The highest BCUT2D eigenvalue weighted by Crippen LogP contribution is 2.30. The van der Waals surface area contributed by atoms with Crippen LogP contribution in [0.4, 0.5) is 4.79 Å². The van der Waals surface area contributed by atoms with Crippen LogP contribution in [-0.4, -0.2) is 37.1 Å². The molecule has 0 aliphatic rings. The molecule has 188 valence electrons. The van der Waals surface area contributed by atoms with Gasteiger partial charge in [0.2, 0.25) is 0 Å². The van der Waals surface area contributed by atoms with Gasteiger partial charge in [-0.3, -0.25) is 4.79 Å². The van der Waals surface area contributed by atoms with Crippen molar-refractivity contribution in [1.29, 1.82) is 0 Å². The van der Waals surface area contributed by atoms with Gasteiger partial charge in [-0.1, -0.05) is 83.9 Å². The number of amides is 3. The minimum Gasteiger partial charge on any atom is -0.493 e. The summed E-state index contributed by atoms with van der Waals surface area (Å²) >= 11 is 12.7. The molecule has 3 aromatic rings. The lowest BCUT2D eigenvalue weighted by atomic mass is 10.1. The molecule has 0 radical (unpaired) electrons. The summed E-state index contributed by atoms with van der Waals surface area (Å²) in [6, 6.07) is 19.7. The van der Waals surface area contributed by atoms with Crippen molar-refractivity contribution in [3.05, 3.63) is 99.5 Å². The fraction of sp³-hybridized carbons (Fsp3) is 0.192. The first kappa shape index (κ1) is 26.8. The third kappa shape index (κ3) is 8.18. The van der Waals surface area contributed by atoms with Crippen molar-refractivity contribution < 1.29 is 23.9 Å². The predicted molar refractivity (Wildman–Crippen MR) is 137 cm³/mol. The van der Waals surface area contributed by atoms with E-state index in [9.17, 15) is 14.4 Å². The molecule has 0 spiro atoms. The standard InChI is InChI=1S/C26H25Cl2N3O5/c27-20-13-19(35-12-11-17-7-3-1-4-8-17)14-21(28)23(20)24(32)31-22(15-30-26(29)34)25(33)36-16-18-9-5-2-6-10-18/h1-10,13-14,22H,11-12,15-16H2,(H,31,32)(H3,29,30,34)/t22-/m0/s1. The van der Waals surface area contributed by atoms with Crippen LogP contribution in [0.25, 0.3) is 0 Å². The zero-order chi connectivity index (χ0) is 25.9. The van der Waals surface area contributed by atoms with Crippen molar-refractivity contribution in [3.63, 3.8) is 0 Å². The number of esters is 1. The highest BCUT2D eigenvalue weighted by Gasteiger charge is 2.26. The lowest BCUT2D eigenvalue weighted by molar-refractivity contribution is -0.147. The molecule has 3 amide bonds. The molecule has 0 aromatic heterocycles. The third-order valence-electron chi connectivity index (χ3n) is 5.04. The molecule has 0 fully saturated rings. The topological polar surface area (TPSA) is 120 Å². The van der Waals surface area contributed by atoms with Crippen LogP contribution >= 0.6 is 23.2 Å². The number of nitrogens with two attached hydrogens (primary N) is 1. The summed E-state index contributed by atoms with van der Waals surface area (Å²) in [7, 11) is 0. The molecular formula is C26H25Cl2N3O5.